The zero-order valence-electron chi connectivity index (χ0n) is 20.1. The van der Waals surface area contributed by atoms with Crippen molar-refractivity contribution in [2.75, 3.05) is 6.26 Å². The average molecular weight is 502 g/mol. The fourth-order valence-electron chi connectivity index (χ4n) is 4.22. The van der Waals surface area contributed by atoms with Crippen molar-refractivity contribution in [3.05, 3.63) is 96.2 Å². The summed E-state index contributed by atoms with van der Waals surface area (Å²) < 4.78 is 41.1. The van der Waals surface area contributed by atoms with E-state index in [1.54, 1.807) is 41.2 Å². The number of aromatic nitrogens is 5. The largest absolute Gasteiger partial charge is 0.302 e. The predicted molar refractivity (Wildman–Crippen MR) is 137 cm³/mol. The summed E-state index contributed by atoms with van der Waals surface area (Å²) in [4.78, 5) is 4.80. The highest BCUT2D eigenvalue weighted by Gasteiger charge is 2.17. The SMILES string of the molecule is Cc1cn(-c2ccc(-c3cccc(S(C)(=O)=O)c3)cc2-n2nncc2-c2ccc(CF)cc2)c(C)n1. The molecular weight excluding hydrogens is 477 g/mol. The second-order valence-electron chi connectivity index (χ2n) is 8.66. The lowest BCUT2D eigenvalue weighted by Gasteiger charge is -2.16. The van der Waals surface area contributed by atoms with Crippen molar-refractivity contribution in [2.24, 2.45) is 0 Å². The number of aryl methyl sites for hydroxylation is 2. The molecule has 0 bridgehead atoms. The Hall–Kier alpha value is -4.11. The third-order valence-electron chi connectivity index (χ3n) is 6.01. The lowest BCUT2D eigenvalue weighted by molar-refractivity contribution is 0.485. The molecule has 5 aromatic rings. The normalized spacial score (nSPS) is 11.7. The number of nitrogens with zero attached hydrogens (tertiary/aromatic N) is 5. The van der Waals surface area contributed by atoms with Crippen LogP contribution in [0.25, 0.3) is 33.8 Å². The maximum absolute atomic E-state index is 13.1. The van der Waals surface area contributed by atoms with Gasteiger partial charge in [-0.2, -0.15) is 0 Å². The lowest BCUT2D eigenvalue weighted by atomic mass is 10.0. The summed E-state index contributed by atoms with van der Waals surface area (Å²) in [6, 6.07) is 19.9. The molecule has 0 aliphatic heterocycles. The maximum Gasteiger partial charge on any atom is 0.175 e. The van der Waals surface area contributed by atoms with Crippen LogP contribution in [0.5, 0.6) is 0 Å². The van der Waals surface area contributed by atoms with Gasteiger partial charge in [0.05, 0.1) is 33.9 Å². The number of hydrogen-bond acceptors (Lipinski definition) is 5. The van der Waals surface area contributed by atoms with E-state index in [4.69, 9.17) is 0 Å². The smallest absolute Gasteiger partial charge is 0.175 e. The molecule has 36 heavy (non-hydrogen) atoms. The van der Waals surface area contributed by atoms with Crippen molar-refractivity contribution < 1.29 is 12.8 Å². The van der Waals surface area contributed by atoms with Crippen LogP contribution in [0.4, 0.5) is 4.39 Å². The third kappa shape index (κ3) is 4.45. The lowest BCUT2D eigenvalue weighted by Crippen LogP contribution is -2.07. The van der Waals surface area contributed by atoms with Gasteiger partial charge in [-0.25, -0.2) is 22.5 Å². The van der Waals surface area contributed by atoms with E-state index >= 15 is 0 Å². The van der Waals surface area contributed by atoms with Crippen molar-refractivity contribution >= 4 is 9.84 Å². The Labute approximate surface area is 208 Å². The summed E-state index contributed by atoms with van der Waals surface area (Å²) in [6.07, 6.45) is 4.81. The van der Waals surface area contributed by atoms with Gasteiger partial charge >= 0.3 is 0 Å². The van der Waals surface area contributed by atoms with Crippen molar-refractivity contribution in [1.82, 2.24) is 24.5 Å². The van der Waals surface area contributed by atoms with Gasteiger partial charge in [-0.15, -0.1) is 5.10 Å². The number of alkyl halides is 1. The second-order valence-corrected chi connectivity index (χ2v) is 10.7. The molecule has 0 radical (unpaired) electrons. The molecule has 0 aliphatic rings. The minimum Gasteiger partial charge on any atom is -0.302 e. The first kappa shape index (κ1) is 23.6. The van der Waals surface area contributed by atoms with Crippen molar-refractivity contribution in [2.45, 2.75) is 25.4 Å². The minimum absolute atomic E-state index is 0.251. The Morgan fingerprint density at radius 1 is 0.889 bits per heavy atom. The zero-order chi connectivity index (χ0) is 25.4. The van der Waals surface area contributed by atoms with Gasteiger partial charge in [0.25, 0.3) is 0 Å². The van der Waals surface area contributed by atoms with E-state index < -0.39 is 16.5 Å². The standard InChI is InChI=1S/C27H24FN5O2S/c1-18-17-32(19(2)30-18)25-12-11-23(22-5-4-6-24(13-22)36(3,34)35)14-26(25)33-27(16-29-31-33)21-9-7-20(15-28)8-10-21/h4-14,16-17H,15H2,1-3H3. The van der Waals surface area contributed by atoms with Crippen molar-refractivity contribution in [3.63, 3.8) is 0 Å². The van der Waals surface area contributed by atoms with Gasteiger partial charge in [-0.3, -0.25) is 0 Å². The Morgan fingerprint density at radius 2 is 1.61 bits per heavy atom. The molecule has 9 heteroatoms. The zero-order valence-corrected chi connectivity index (χ0v) is 20.9. The highest BCUT2D eigenvalue weighted by atomic mass is 32.2. The number of imidazole rings is 1. The maximum atomic E-state index is 13.1. The summed E-state index contributed by atoms with van der Waals surface area (Å²) in [6.45, 7) is 3.33. The van der Waals surface area contributed by atoms with Crippen LogP contribution in [-0.4, -0.2) is 39.2 Å². The summed E-state index contributed by atoms with van der Waals surface area (Å²) in [5, 5.41) is 8.55. The minimum atomic E-state index is -3.36. The van der Waals surface area contributed by atoms with Gasteiger partial charge in [-0.1, -0.05) is 47.7 Å². The Bertz CT molecular complexity index is 1670. The molecular formula is C27H24FN5O2S. The highest BCUT2D eigenvalue weighted by Crippen LogP contribution is 2.32. The van der Waals surface area contributed by atoms with E-state index in [1.165, 1.54) is 6.26 Å². The van der Waals surface area contributed by atoms with Gasteiger partial charge < -0.3 is 4.57 Å². The van der Waals surface area contributed by atoms with Crippen LogP contribution in [0, 0.1) is 13.8 Å². The number of rotatable bonds is 6. The molecule has 0 aliphatic carbocycles. The molecule has 3 aromatic carbocycles. The first-order valence-electron chi connectivity index (χ1n) is 11.3. The number of sulfone groups is 1. The first-order chi connectivity index (χ1) is 17.2. The topological polar surface area (TPSA) is 82.7 Å². The van der Waals surface area contributed by atoms with Gasteiger partial charge in [-0.05, 0) is 54.8 Å². The van der Waals surface area contributed by atoms with E-state index in [2.05, 4.69) is 15.3 Å². The molecule has 0 fully saturated rings. The predicted octanol–water partition coefficient (Wildman–Crippen LogP) is 5.28. The van der Waals surface area contributed by atoms with Crippen LogP contribution >= 0.6 is 0 Å². The Balaban J connectivity index is 1.72. The van der Waals surface area contributed by atoms with Crippen LogP contribution in [0.15, 0.2) is 84.0 Å². The van der Waals surface area contributed by atoms with Gasteiger partial charge in [0.2, 0.25) is 0 Å². The summed E-state index contributed by atoms with van der Waals surface area (Å²) in [5.74, 6) is 0.814. The molecule has 2 aromatic heterocycles. The molecule has 2 heterocycles. The van der Waals surface area contributed by atoms with E-state index in [1.807, 2.05) is 61.0 Å². The molecule has 0 unspecified atom stereocenters. The number of halogens is 1. The molecule has 182 valence electrons. The number of benzene rings is 3. The molecule has 5 rings (SSSR count). The fraction of sp³-hybridized carbons (Fsp3) is 0.148. The van der Waals surface area contributed by atoms with E-state index in [9.17, 15) is 12.8 Å². The molecule has 0 saturated heterocycles. The van der Waals surface area contributed by atoms with Crippen LogP contribution in [0.2, 0.25) is 0 Å². The second kappa shape index (κ2) is 9.16. The van der Waals surface area contributed by atoms with Crippen molar-refractivity contribution in [3.8, 4) is 33.8 Å². The summed E-state index contributed by atoms with van der Waals surface area (Å²) >= 11 is 0. The fourth-order valence-corrected chi connectivity index (χ4v) is 4.89. The van der Waals surface area contributed by atoms with Crippen LogP contribution < -0.4 is 0 Å². The monoisotopic (exact) mass is 501 g/mol. The average Bonchev–Trinajstić information content (AvgIpc) is 3.49. The highest BCUT2D eigenvalue weighted by molar-refractivity contribution is 7.90. The molecule has 0 atom stereocenters. The summed E-state index contributed by atoms with van der Waals surface area (Å²) in [5.41, 5.74) is 6.20. The molecule has 0 N–H and O–H groups in total. The van der Waals surface area contributed by atoms with Gasteiger partial charge in [0.1, 0.15) is 12.5 Å². The molecule has 0 saturated carbocycles. The van der Waals surface area contributed by atoms with E-state index in [0.29, 0.717) is 5.56 Å². The Morgan fingerprint density at radius 3 is 2.28 bits per heavy atom. The van der Waals surface area contributed by atoms with Crippen LogP contribution in [-0.2, 0) is 16.5 Å². The summed E-state index contributed by atoms with van der Waals surface area (Å²) in [7, 11) is -3.36. The van der Waals surface area contributed by atoms with E-state index in [-0.39, 0.29) is 4.90 Å². The van der Waals surface area contributed by atoms with Crippen molar-refractivity contribution in [1.29, 1.82) is 0 Å². The quantitative estimate of drug-likeness (QED) is 0.316. The molecule has 7 nitrogen and oxygen atoms in total. The van der Waals surface area contributed by atoms with Crippen LogP contribution in [0.1, 0.15) is 17.1 Å². The van der Waals surface area contributed by atoms with E-state index in [0.717, 1.165) is 45.3 Å². The van der Waals surface area contributed by atoms with Gasteiger partial charge in [0.15, 0.2) is 9.84 Å². The van der Waals surface area contributed by atoms with Gasteiger partial charge in [0, 0.05) is 18.0 Å². The third-order valence-corrected chi connectivity index (χ3v) is 7.12. The number of hydrogen-bond donors (Lipinski definition) is 0. The van der Waals surface area contributed by atoms with Crippen LogP contribution in [0.3, 0.4) is 0 Å². The molecule has 0 spiro atoms. The Kier molecular flexibility index (Phi) is 6.01. The first-order valence-corrected chi connectivity index (χ1v) is 13.2. The molecule has 0 amide bonds.